The van der Waals surface area contributed by atoms with Gasteiger partial charge in [-0.3, -0.25) is 9.56 Å². The van der Waals surface area contributed by atoms with Crippen LogP contribution in [0.25, 0.3) is 16.9 Å². The zero-order chi connectivity index (χ0) is 15.4. The van der Waals surface area contributed by atoms with Crippen molar-refractivity contribution in [2.24, 2.45) is 4.99 Å². The molecule has 1 heterocycles. The SMILES string of the molecule is OCCN=c1scc(-c2ccc(Br)cc2)n1-c1ccccc1. The molecule has 3 aromatic rings. The summed E-state index contributed by atoms with van der Waals surface area (Å²) < 4.78 is 3.19. The molecule has 1 N–H and O–H groups in total. The predicted molar refractivity (Wildman–Crippen MR) is 94.3 cm³/mol. The molecule has 0 aliphatic heterocycles. The maximum atomic E-state index is 9.04. The van der Waals surface area contributed by atoms with Gasteiger partial charge < -0.3 is 5.11 Å². The maximum Gasteiger partial charge on any atom is 0.189 e. The first kappa shape index (κ1) is 15.2. The van der Waals surface area contributed by atoms with E-state index in [1.54, 1.807) is 11.3 Å². The van der Waals surface area contributed by atoms with E-state index in [0.29, 0.717) is 6.54 Å². The summed E-state index contributed by atoms with van der Waals surface area (Å²) in [5.41, 5.74) is 3.30. The van der Waals surface area contributed by atoms with Crippen LogP contribution in [0.3, 0.4) is 0 Å². The van der Waals surface area contributed by atoms with Crippen molar-refractivity contribution in [1.82, 2.24) is 4.57 Å². The molecule has 2 aromatic carbocycles. The lowest BCUT2D eigenvalue weighted by Gasteiger charge is -2.09. The summed E-state index contributed by atoms with van der Waals surface area (Å²) in [5.74, 6) is 0. The topological polar surface area (TPSA) is 37.5 Å². The van der Waals surface area contributed by atoms with Crippen molar-refractivity contribution in [3.63, 3.8) is 0 Å². The van der Waals surface area contributed by atoms with Gasteiger partial charge in [-0.25, -0.2) is 0 Å². The van der Waals surface area contributed by atoms with E-state index in [-0.39, 0.29) is 6.61 Å². The molecular formula is C17H15BrN2OS. The molecule has 1 aromatic heterocycles. The van der Waals surface area contributed by atoms with Gasteiger partial charge in [-0.2, -0.15) is 0 Å². The Morgan fingerprint density at radius 2 is 1.77 bits per heavy atom. The molecule has 0 aliphatic rings. The minimum atomic E-state index is 0.0559. The van der Waals surface area contributed by atoms with Crippen molar-refractivity contribution in [3.8, 4) is 16.9 Å². The highest BCUT2D eigenvalue weighted by Crippen LogP contribution is 2.25. The third-order valence-electron chi connectivity index (χ3n) is 3.21. The third kappa shape index (κ3) is 3.21. The normalized spacial score (nSPS) is 11.8. The summed E-state index contributed by atoms with van der Waals surface area (Å²) in [7, 11) is 0. The Bertz CT molecular complexity index is 807. The van der Waals surface area contributed by atoms with E-state index in [4.69, 9.17) is 5.11 Å². The Balaban J connectivity index is 2.19. The van der Waals surface area contributed by atoms with Gasteiger partial charge in [0.15, 0.2) is 4.80 Å². The number of rotatable bonds is 4. The van der Waals surface area contributed by atoms with Crippen molar-refractivity contribution < 1.29 is 5.11 Å². The zero-order valence-electron chi connectivity index (χ0n) is 11.8. The molecule has 3 nitrogen and oxygen atoms in total. The molecule has 0 saturated heterocycles. The predicted octanol–water partition coefficient (Wildman–Crippen LogP) is 3.86. The number of hydrogen-bond acceptors (Lipinski definition) is 3. The monoisotopic (exact) mass is 374 g/mol. The van der Waals surface area contributed by atoms with Crippen LogP contribution in [-0.2, 0) is 0 Å². The van der Waals surface area contributed by atoms with Gasteiger partial charge in [0.1, 0.15) is 0 Å². The molecule has 5 heteroatoms. The minimum Gasteiger partial charge on any atom is -0.394 e. The highest BCUT2D eigenvalue weighted by atomic mass is 79.9. The first-order chi connectivity index (χ1) is 10.8. The second-order valence-electron chi connectivity index (χ2n) is 4.69. The number of para-hydroxylation sites is 1. The van der Waals surface area contributed by atoms with Gasteiger partial charge in [0.25, 0.3) is 0 Å². The zero-order valence-corrected chi connectivity index (χ0v) is 14.2. The van der Waals surface area contributed by atoms with Crippen LogP contribution >= 0.6 is 27.3 Å². The van der Waals surface area contributed by atoms with Gasteiger partial charge in [-0.1, -0.05) is 46.3 Å². The lowest BCUT2D eigenvalue weighted by Crippen LogP contribution is -2.15. The van der Waals surface area contributed by atoms with E-state index in [1.807, 2.05) is 30.3 Å². The van der Waals surface area contributed by atoms with Crippen molar-refractivity contribution >= 4 is 27.3 Å². The Morgan fingerprint density at radius 3 is 2.45 bits per heavy atom. The molecule has 0 saturated carbocycles. The molecule has 0 aliphatic carbocycles. The van der Waals surface area contributed by atoms with Crippen LogP contribution in [0, 0.1) is 0 Å². The molecule has 0 unspecified atom stereocenters. The van der Waals surface area contributed by atoms with Gasteiger partial charge in [-0.15, -0.1) is 11.3 Å². The summed E-state index contributed by atoms with van der Waals surface area (Å²) in [6.45, 7) is 0.466. The van der Waals surface area contributed by atoms with E-state index in [1.165, 1.54) is 0 Å². The van der Waals surface area contributed by atoms with Crippen molar-refractivity contribution in [2.45, 2.75) is 0 Å². The summed E-state index contributed by atoms with van der Waals surface area (Å²) in [4.78, 5) is 5.37. The number of aromatic nitrogens is 1. The van der Waals surface area contributed by atoms with E-state index in [0.717, 1.165) is 26.2 Å². The fraction of sp³-hybridized carbons (Fsp3) is 0.118. The highest BCUT2D eigenvalue weighted by molar-refractivity contribution is 9.10. The second-order valence-corrected chi connectivity index (χ2v) is 6.44. The van der Waals surface area contributed by atoms with Crippen molar-refractivity contribution in [3.05, 3.63) is 69.3 Å². The number of nitrogens with zero attached hydrogens (tertiary/aromatic N) is 2. The molecule has 22 heavy (non-hydrogen) atoms. The van der Waals surface area contributed by atoms with Crippen LogP contribution in [0.2, 0.25) is 0 Å². The van der Waals surface area contributed by atoms with E-state index in [2.05, 4.69) is 55.1 Å². The van der Waals surface area contributed by atoms with E-state index < -0.39 is 0 Å². The number of hydrogen-bond donors (Lipinski definition) is 1. The van der Waals surface area contributed by atoms with Gasteiger partial charge in [0.2, 0.25) is 0 Å². The Morgan fingerprint density at radius 1 is 1.05 bits per heavy atom. The smallest absolute Gasteiger partial charge is 0.189 e. The van der Waals surface area contributed by atoms with Gasteiger partial charge in [0, 0.05) is 15.5 Å². The molecule has 3 rings (SSSR count). The number of halogens is 1. The average Bonchev–Trinajstić information content (AvgIpc) is 2.98. The van der Waals surface area contributed by atoms with E-state index in [9.17, 15) is 0 Å². The molecule has 0 amide bonds. The quantitative estimate of drug-likeness (QED) is 0.739. The van der Waals surface area contributed by atoms with Crippen LogP contribution in [0.15, 0.2) is 69.4 Å². The second kappa shape index (κ2) is 7.05. The fourth-order valence-electron chi connectivity index (χ4n) is 2.21. The first-order valence-corrected chi connectivity index (χ1v) is 8.60. The molecule has 0 atom stereocenters. The van der Waals surface area contributed by atoms with Gasteiger partial charge in [0.05, 0.1) is 18.8 Å². The van der Waals surface area contributed by atoms with Crippen LogP contribution in [0.5, 0.6) is 0 Å². The summed E-state index contributed by atoms with van der Waals surface area (Å²) in [6.07, 6.45) is 0. The van der Waals surface area contributed by atoms with Crippen molar-refractivity contribution in [2.75, 3.05) is 13.2 Å². The summed E-state index contributed by atoms with van der Waals surface area (Å²) in [5, 5.41) is 11.1. The molecule has 112 valence electrons. The standard InChI is InChI=1S/C17H15BrN2OS/c18-14-8-6-13(7-9-14)16-12-22-17(19-10-11-21)20(16)15-4-2-1-3-5-15/h1-9,12,21H,10-11H2. The number of aliphatic hydroxyl groups is 1. The van der Waals surface area contributed by atoms with Gasteiger partial charge >= 0.3 is 0 Å². The number of thiazole rings is 1. The largest absolute Gasteiger partial charge is 0.394 e. The Hall–Kier alpha value is -1.69. The van der Waals surface area contributed by atoms with Crippen LogP contribution < -0.4 is 4.80 Å². The molecule has 0 bridgehead atoms. The third-order valence-corrected chi connectivity index (χ3v) is 4.60. The van der Waals surface area contributed by atoms with Gasteiger partial charge in [-0.05, 0) is 29.8 Å². The lowest BCUT2D eigenvalue weighted by atomic mass is 10.1. The molecular weight excluding hydrogens is 360 g/mol. The average molecular weight is 375 g/mol. The van der Waals surface area contributed by atoms with Crippen molar-refractivity contribution in [1.29, 1.82) is 0 Å². The lowest BCUT2D eigenvalue weighted by molar-refractivity contribution is 0.305. The highest BCUT2D eigenvalue weighted by Gasteiger charge is 2.09. The molecule has 0 spiro atoms. The number of benzene rings is 2. The first-order valence-electron chi connectivity index (χ1n) is 6.93. The molecule has 0 radical (unpaired) electrons. The Kier molecular flexibility index (Phi) is 4.87. The van der Waals surface area contributed by atoms with E-state index >= 15 is 0 Å². The maximum absolute atomic E-state index is 9.04. The van der Waals surface area contributed by atoms with Crippen LogP contribution in [0.4, 0.5) is 0 Å². The van der Waals surface area contributed by atoms with Crippen LogP contribution in [0.1, 0.15) is 0 Å². The summed E-state index contributed by atoms with van der Waals surface area (Å²) in [6, 6.07) is 18.4. The summed E-state index contributed by atoms with van der Waals surface area (Å²) >= 11 is 5.05. The minimum absolute atomic E-state index is 0.0559. The van der Waals surface area contributed by atoms with Crippen LogP contribution in [-0.4, -0.2) is 22.8 Å². The Labute approximate surface area is 141 Å². The molecule has 0 fully saturated rings. The number of aliphatic hydroxyl groups excluding tert-OH is 1. The fourth-order valence-corrected chi connectivity index (χ4v) is 3.41.